The SMILES string of the molecule is FC(F)(SN1CCCCC1)SN1CCCCC1. The summed E-state index contributed by atoms with van der Waals surface area (Å²) in [5.41, 5.74) is 0. The van der Waals surface area contributed by atoms with Crippen LogP contribution in [0.2, 0.25) is 0 Å². The molecule has 0 aliphatic carbocycles. The highest BCUT2D eigenvalue weighted by Gasteiger charge is 2.37. The first-order chi connectivity index (χ1) is 8.16. The van der Waals surface area contributed by atoms with Crippen LogP contribution in [0, 0.1) is 0 Å². The minimum atomic E-state index is -2.70. The second-order valence-electron chi connectivity index (χ2n) is 4.63. The molecular weight excluding hydrogens is 262 g/mol. The molecular formula is C11H20F2N2S2. The summed E-state index contributed by atoms with van der Waals surface area (Å²) in [7, 11) is 0. The van der Waals surface area contributed by atoms with Gasteiger partial charge in [0, 0.05) is 50.1 Å². The molecule has 100 valence electrons. The fourth-order valence-electron chi connectivity index (χ4n) is 2.23. The van der Waals surface area contributed by atoms with Gasteiger partial charge in [-0.3, -0.25) is 0 Å². The lowest BCUT2D eigenvalue weighted by Crippen LogP contribution is -2.31. The summed E-state index contributed by atoms with van der Waals surface area (Å²) in [5, 5.41) is 0. The van der Waals surface area contributed by atoms with E-state index in [1.807, 2.05) is 8.61 Å². The van der Waals surface area contributed by atoms with Gasteiger partial charge in [0.1, 0.15) is 0 Å². The van der Waals surface area contributed by atoms with Crippen molar-refractivity contribution in [2.75, 3.05) is 26.2 Å². The second-order valence-corrected chi connectivity index (χ2v) is 7.31. The van der Waals surface area contributed by atoms with E-state index in [2.05, 4.69) is 0 Å². The molecule has 17 heavy (non-hydrogen) atoms. The zero-order valence-corrected chi connectivity index (χ0v) is 11.7. The summed E-state index contributed by atoms with van der Waals surface area (Å²) in [4.78, 5) is 0. The van der Waals surface area contributed by atoms with Gasteiger partial charge in [-0.1, -0.05) is 12.8 Å². The van der Waals surface area contributed by atoms with Crippen LogP contribution in [0.3, 0.4) is 0 Å². The number of nitrogens with zero attached hydrogens (tertiary/aromatic N) is 2. The summed E-state index contributed by atoms with van der Waals surface area (Å²) in [6.07, 6.45) is 6.58. The normalized spacial score (nSPS) is 25.1. The van der Waals surface area contributed by atoms with E-state index < -0.39 is 4.59 Å². The van der Waals surface area contributed by atoms with E-state index in [9.17, 15) is 8.78 Å². The summed E-state index contributed by atoms with van der Waals surface area (Å²) in [5.74, 6) is 0. The average Bonchev–Trinajstić information content (AvgIpc) is 2.30. The molecule has 0 spiro atoms. The van der Waals surface area contributed by atoms with Gasteiger partial charge < -0.3 is 0 Å². The van der Waals surface area contributed by atoms with E-state index in [0.29, 0.717) is 0 Å². The van der Waals surface area contributed by atoms with Crippen molar-refractivity contribution in [2.45, 2.75) is 43.1 Å². The Morgan fingerprint density at radius 3 is 1.35 bits per heavy atom. The number of hydrogen-bond donors (Lipinski definition) is 0. The van der Waals surface area contributed by atoms with Crippen molar-refractivity contribution in [3.63, 3.8) is 0 Å². The van der Waals surface area contributed by atoms with Gasteiger partial charge in [0.05, 0.1) is 0 Å². The molecule has 0 amide bonds. The minimum absolute atomic E-state index is 0.738. The van der Waals surface area contributed by atoms with Gasteiger partial charge in [0.25, 0.3) is 0 Å². The predicted octanol–water partition coefficient (Wildman–Crippen LogP) is 3.80. The van der Waals surface area contributed by atoms with Gasteiger partial charge in [0.2, 0.25) is 0 Å². The standard InChI is InChI=1S/C11H20F2N2S2/c12-11(13,16-14-7-3-1-4-8-14)17-15-9-5-2-6-10-15/h1-10H2. The monoisotopic (exact) mass is 282 g/mol. The Kier molecular flexibility index (Phi) is 5.39. The molecule has 2 nitrogen and oxygen atoms in total. The lowest BCUT2D eigenvalue weighted by Gasteiger charge is -2.32. The Labute approximate surface area is 111 Å². The first kappa shape index (κ1) is 13.9. The Balaban J connectivity index is 1.75. The van der Waals surface area contributed by atoms with Crippen LogP contribution in [0.4, 0.5) is 8.78 Å². The average molecular weight is 282 g/mol. The molecule has 0 saturated carbocycles. The number of alkyl halides is 2. The Morgan fingerprint density at radius 2 is 1.00 bits per heavy atom. The van der Waals surface area contributed by atoms with Crippen molar-refractivity contribution in [2.24, 2.45) is 0 Å². The summed E-state index contributed by atoms with van der Waals surface area (Å²) >= 11 is 1.48. The highest BCUT2D eigenvalue weighted by Crippen LogP contribution is 2.45. The lowest BCUT2D eigenvalue weighted by atomic mass is 10.2. The number of hydrogen-bond acceptors (Lipinski definition) is 4. The molecule has 2 aliphatic rings. The Morgan fingerprint density at radius 1 is 0.647 bits per heavy atom. The molecule has 0 unspecified atom stereocenters. The second kappa shape index (κ2) is 6.59. The first-order valence-electron chi connectivity index (χ1n) is 6.42. The third-order valence-electron chi connectivity index (χ3n) is 3.10. The van der Waals surface area contributed by atoms with E-state index in [-0.39, 0.29) is 0 Å². The quantitative estimate of drug-likeness (QED) is 0.571. The molecule has 0 aromatic carbocycles. The molecule has 0 atom stereocenters. The molecule has 0 aromatic rings. The van der Waals surface area contributed by atoms with Gasteiger partial charge in [-0.2, -0.15) is 8.78 Å². The van der Waals surface area contributed by atoms with Gasteiger partial charge in [-0.25, -0.2) is 8.61 Å². The molecule has 6 heteroatoms. The van der Waals surface area contributed by atoms with Crippen LogP contribution >= 0.6 is 23.9 Å². The highest BCUT2D eigenvalue weighted by molar-refractivity contribution is 8.15. The van der Waals surface area contributed by atoms with Crippen molar-refractivity contribution >= 4 is 23.9 Å². The van der Waals surface area contributed by atoms with Crippen LogP contribution in [-0.2, 0) is 0 Å². The van der Waals surface area contributed by atoms with Crippen molar-refractivity contribution in [3.8, 4) is 0 Å². The van der Waals surface area contributed by atoms with E-state index in [1.54, 1.807) is 0 Å². The van der Waals surface area contributed by atoms with E-state index in [0.717, 1.165) is 75.8 Å². The Bertz CT molecular complexity index is 208. The molecule has 2 saturated heterocycles. The van der Waals surface area contributed by atoms with E-state index >= 15 is 0 Å². The van der Waals surface area contributed by atoms with Crippen LogP contribution < -0.4 is 0 Å². The Hall–Kier alpha value is 0.480. The maximum Gasteiger partial charge on any atom is 0.368 e. The van der Waals surface area contributed by atoms with Gasteiger partial charge in [-0.15, -0.1) is 0 Å². The number of piperidine rings is 2. The fraction of sp³-hybridized carbons (Fsp3) is 1.00. The van der Waals surface area contributed by atoms with Crippen molar-refractivity contribution in [3.05, 3.63) is 0 Å². The van der Waals surface area contributed by atoms with Crippen LogP contribution in [0.15, 0.2) is 0 Å². The van der Waals surface area contributed by atoms with Crippen LogP contribution in [0.25, 0.3) is 0 Å². The van der Waals surface area contributed by atoms with Crippen LogP contribution in [0.1, 0.15) is 38.5 Å². The van der Waals surface area contributed by atoms with E-state index in [1.165, 1.54) is 12.8 Å². The zero-order valence-electron chi connectivity index (χ0n) is 10.0. The van der Waals surface area contributed by atoms with Crippen molar-refractivity contribution in [1.82, 2.24) is 8.61 Å². The van der Waals surface area contributed by atoms with Crippen LogP contribution in [0.5, 0.6) is 0 Å². The molecule has 0 radical (unpaired) electrons. The molecule has 0 N–H and O–H groups in total. The lowest BCUT2D eigenvalue weighted by molar-refractivity contribution is 0.194. The third-order valence-corrected chi connectivity index (χ3v) is 5.22. The molecule has 0 bridgehead atoms. The molecule has 2 fully saturated rings. The van der Waals surface area contributed by atoms with Gasteiger partial charge >= 0.3 is 4.59 Å². The summed E-state index contributed by atoms with van der Waals surface area (Å²) < 4.78 is 28.6. The number of rotatable bonds is 4. The van der Waals surface area contributed by atoms with Crippen molar-refractivity contribution < 1.29 is 8.78 Å². The zero-order chi connectivity index (χ0) is 12.1. The minimum Gasteiger partial charge on any atom is -0.245 e. The van der Waals surface area contributed by atoms with Crippen molar-refractivity contribution in [1.29, 1.82) is 0 Å². The predicted molar refractivity (Wildman–Crippen MR) is 71.0 cm³/mol. The number of halogens is 2. The molecule has 2 aliphatic heterocycles. The maximum absolute atomic E-state index is 13.8. The summed E-state index contributed by atoms with van der Waals surface area (Å²) in [6.45, 7) is 3.23. The maximum atomic E-state index is 13.8. The summed E-state index contributed by atoms with van der Waals surface area (Å²) in [6, 6.07) is 0. The molecule has 2 heterocycles. The van der Waals surface area contributed by atoms with Gasteiger partial charge in [-0.05, 0) is 25.7 Å². The molecule has 2 rings (SSSR count). The first-order valence-corrected chi connectivity index (χ1v) is 7.96. The smallest absolute Gasteiger partial charge is 0.245 e. The topological polar surface area (TPSA) is 6.48 Å². The third kappa shape index (κ3) is 4.93. The molecule has 0 aromatic heterocycles. The van der Waals surface area contributed by atoms with E-state index in [4.69, 9.17) is 0 Å². The van der Waals surface area contributed by atoms with Gasteiger partial charge in [0.15, 0.2) is 0 Å². The van der Waals surface area contributed by atoms with Crippen LogP contribution in [-0.4, -0.2) is 39.4 Å². The fourth-order valence-corrected chi connectivity index (χ4v) is 4.48. The highest BCUT2D eigenvalue weighted by atomic mass is 32.2. The largest absolute Gasteiger partial charge is 0.368 e.